The van der Waals surface area contributed by atoms with Crippen LogP contribution in [0.2, 0.25) is 5.02 Å². The van der Waals surface area contributed by atoms with Crippen LogP contribution in [-0.4, -0.2) is 44.3 Å². The van der Waals surface area contributed by atoms with Crippen molar-refractivity contribution in [3.05, 3.63) is 130 Å². The summed E-state index contributed by atoms with van der Waals surface area (Å²) in [4.78, 5) is 29.5. The largest absolute Gasteiger partial charge is 0.355 e. The van der Waals surface area contributed by atoms with E-state index in [4.69, 9.17) is 11.6 Å². The summed E-state index contributed by atoms with van der Waals surface area (Å²) in [6.07, 6.45) is 0.251. The molecule has 0 heterocycles. The van der Waals surface area contributed by atoms with Crippen LogP contribution in [0.5, 0.6) is 0 Å². The Hall–Kier alpha value is -4.14. The molecule has 0 aromatic heterocycles. The first-order valence-corrected chi connectivity index (χ1v) is 15.9. The molecular formula is C34H36ClN3O4S. The third-order valence-electron chi connectivity index (χ3n) is 7.07. The number of benzene rings is 4. The Labute approximate surface area is 259 Å². The van der Waals surface area contributed by atoms with E-state index >= 15 is 0 Å². The highest BCUT2D eigenvalue weighted by atomic mass is 35.5. The van der Waals surface area contributed by atoms with Crippen LogP contribution in [0.25, 0.3) is 0 Å². The Morgan fingerprint density at radius 1 is 0.814 bits per heavy atom. The summed E-state index contributed by atoms with van der Waals surface area (Å²) in [6, 6.07) is 29.2. The lowest BCUT2D eigenvalue weighted by atomic mass is 10.0. The number of aryl methyl sites for hydroxylation is 2. The number of rotatable bonds is 12. The molecule has 0 radical (unpaired) electrons. The normalized spacial score (nSPS) is 11.9. The molecule has 1 N–H and O–H groups in total. The summed E-state index contributed by atoms with van der Waals surface area (Å²) in [5, 5.41) is 3.05. The number of hydrogen-bond donors (Lipinski definition) is 1. The molecule has 0 unspecified atom stereocenters. The highest BCUT2D eigenvalue weighted by molar-refractivity contribution is 7.92. The van der Waals surface area contributed by atoms with Crippen molar-refractivity contribution in [1.29, 1.82) is 0 Å². The lowest BCUT2D eigenvalue weighted by Crippen LogP contribution is -2.53. The van der Waals surface area contributed by atoms with E-state index in [9.17, 15) is 18.0 Å². The van der Waals surface area contributed by atoms with Gasteiger partial charge in [0.1, 0.15) is 12.6 Å². The number of likely N-dealkylation sites (N-methyl/N-ethyl adjacent to an activating group) is 1. The second-order valence-electron chi connectivity index (χ2n) is 10.4. The highest BCUT2D eigenvalue weighted by Gasteiger charge is 2.35. The van der Waals surface area contributed by atoms with Gasteiger partial charge in [-0.25, -0.2) is 8.42 Å². The number of nitrogens with zero attached hydrogens (tertiary/aromatic N) is 2. The van der Waals surface area contributed by atoms with Crippen molar-refractivity contribution in [3.8, 4) is 0 Å². The van der Waals surface area contributed by atoms with Gasteiger partial charge in [-0.1, -0.05) is 102 Å². The summed E-state index contributed by atoms with van der Waals surface area (Å²) in [6.45, 7) is 5.56. The van der Waals surface area contributed by atoms with Gasteiger partial charge in [-0.3, -0.25) is 13.9 Å². The molecule has 43 heavy (non-hydrogen) atoms. The summed E-state index contributed by atoms with van der Waals surface area (Å²) in [7, 11) is -4.22. The van der Waals surface area contributed by atoms with Gasteiger partial charge in [0.05, 0.1) is 15.6 Å². The van der Waals surface area contributed by atoms with Crippen LogP contribution in [0.4, 0.5) is 5.69 Å². The summed E-state index contributed by atoms with van der Waals surface area (Å²) < 4.78 is 29.2. The molecule has 4 rings (SSSR count). The van der Waals surface area contributed by atoms with Crippen molar-refractivity contribution < 1.29 is 18.0 Å². The number of para-hydroxylation sites is 1. The SMILES string of the molecule is CCNC(=O)[C@H](Cc1ccccc1)N(Cc1cccc(C)c1)C(=O)CN(c1ccccc1Cl)S(=O)(=O)c1ccc(C)cc1. The lowest BCUT2D eigenvalue weighted by Gasteiger charge is -2.34. The first kappa shape index (κ1) is 31.8. The van der Waals surface area contributed by atoms with E-state index in [1.807, 2.05) is 75.4 Å². The molecule has 4 aromatic rings. The van der Waals surface area contributed by atoms with Gasteiger partial charge >= 0.3 is 0 Å². The zero-order chi connectivity index (χ0) is 31.0. The molecular weight excluding hydrogens is 582 g/mol. The Morgan fingerprint density at radius 2 is 1.47 bits per heavy atom. The fourth-order valence-electron chi connectivity index (χ4n) is 4.86. The molecule has 0 aliphatic heterocycles. The zero-order valence-electron chi connectivity index (χ0n) is 24.5. The second kappa shape index (κ2) is 14.4. The molecule has 9 heteroatoms. The van der Waals surface area contributed by atoms with Crippen molar-refractivity contribution in [2.24, 2.45) is 0 Å². The molecule has 0 aliphatic carbocycles. The van der Waals surface area contributed by atoms with Crippen molar-refractivity contribution in [1.82, 2.24) is 10.2 Å². The molecule has 224 valence electrons. The van der Waals surface area contributed by atoms with E-state index in [1.54, 1.807) is 36.4 Å². The summed E-state index contributed by atoms with van der Waals surface area (Å²) >= 11 is 6.51. The molecule has 0 bridgehead atoms. The Balaban J connectivity index is 1.80. The van der Waals surface area contributed by atoms with E-state index in [0.29, 0.717) is 6.54 Å². The lowest BCUT2D eigenvalue weighted by molar-refractivity contribution is -0.140. The molecule has 2 amide bonds. The molecule has 0 saturated heterocycles. The molecule has 4 aromatic carbocycles. The van der Waals surface area contributed by atoms with Gasteiger partial charge in [0.15, 0.2) is 0 Å². The number of hydrogen-bond acceptors (Lipinski definition) is 4. The van der Waals surface area contributed by atoms with Crippen LogP contribution in [0, 0.1) is 13.8 Å². The van der Waals surface area contributed by atoms with E-state index in [0.717, 1.165) is 26.6 Å². The number of nitrogens with one attached hydrogen (secondary N) is 1. The maximum absolute atomic E-state index is 14.4. The molecule has 0 aliphatic rings. The van der Waals surface area contributed by atoms with Gasteiger partial charge in [0, 0.05) is 19.5 Å². The minimum absolute atomic E-state index is 0.0283. The number of anilines is 1. The van der Waals surface area contributed by atoms with Gasteiger partial charge in [0.2, 0.25) is 11.8 Å². The molecule has 0 saturated carbocycles. The van der Waals surface area contributed by atoms with Crippen LogP contribution in [0.3, 0.4) is 0 Å². The predicted octanol–water partition coefficient (Wildman–Crippen LogP) is 5.93. The number of carbonyl (C=O) groups excluding carboxylic acids is 2. The van der Waals surface area contributed by atoms with E-state index in [2.05, 4.69) is 5.32 Å². The van der Waals surface area contributed by atoms with Gasteiger partial charge in [-0.05, 0) is 56.2 Å². The Morgan fingerprint density at radius 3 is 2.12 bits per heavy atom. The fraction of sp³-hybridized carbons (Fsp3) is 0.235. The maximum Gasteiger partial charge on any atom is 0.264 e. The van der Waals surface area contributed by atoms with E-state index in [1.165, 1.54) is 17.0 Å². The molecule has 0 spiro atoms. The average molecular weight is 618 g/mol. The number of halogens is 1. The van der Waals surface area contributed by atoms with Crippen LogP contribution >= 0.6 is 11.6 Å². The third kappa shape index (κ3) is 8.03. The van der Waals surface area contributed by atoms with Crippen molar-refractivity contribution >= 4 is 39.1 Å². The van der Waals surface area contributed by atoms with Crippen LogP contribution in [-0.2, 0) is 32.6 Å². The third-order valence-corrected chi connectivity index (χ3v) is 9.16. The van der Waals surface area contributed by atoms with Gasteiger partial charge in [-0.15, -0.1) is 0 Å². The van der Waals surface area contributed by atoms with E-state index in [-0.39, 0.29) is 34.5 Å². The van der Waals surface area contributed by atoms with Gasteiger partial charge in [0.25, 0.3) is 10.0 Å². The fourth-order valence-corrected chi connectivity index (χ4v) is 6.58. The highest BCUT2D eigenvalue weighted by Crippen LogP contribution is 2.31. The Kier molecular flexibility index (Phi) is 10.6. The van der Waals surface area contributed by atoms with Gasteiger partial charge < -0.3 is 10.2 Å². The monoisotopic (exact) mass is 617 g/mol. The van der Waals surface area contributed by atoms with Crippen molar-refractivity contribution in [2.75, 3.05) is 17.4 Å². The topological polar surface area (TPSA) is 86.8 Å². The summed E-state index contributed by atoms with van der Waals surface area (Å²) in [5.41, 5.74) is 3.76. The number of amides is 2. The maximum atomic E-state index is 14.4. The average Bonchev–Trinajstić information content (AvgIpc) is 2.99. The number of sulfonamides is 1. The van der Waals surface area contributed by atoms with Crippen molar-refractivity contribution in [3.63, 3.8) is 0 Å². The number of carbonyl (C=O) groups is 2. The van der Waals surface area contributed by atoms with Gasteiger partial charge in [-0.2, -0.15) is 0 Å². The quantitative estimate of drug-likeness (QED) is 0.214. The van der Waals surface area contributed by atoms with Crippen LogP contribution in [0.15, 0.2) is 108 Å². The molecule has 1 atom stereocenters. The summed E-state index contributed by atoms with van der Waals surface area (Å²) in [5.74, 6) is -0.859. The van der Waals surface area contributed by atoms with Crippen LogP contribution < -0.4 is 9.62 Å². The first-order chi connectivity index (χ1) is 20.6. The zero-order valence-corrected chi connectivity index (χ0v) is 26.1. The Bertz CT molecular complexity index is 1660. The standard InChI is InChI=1S/C34H36ClN3O4S/c1-4-36-34(40)32(22-27-12-6-5-7-13-27)37(23-28-14-10-11-26(3)21-28)33(39)24-38(31-16-9-8-15-30(31)35)43(41,42)29-19-17-25(2)18-20-29/h5-21,32H,4,22-24H2,1-3H3,(H,36,40)/t32-/m0/s1. The predicted molar refractivity (Wildman–Crippen MR) is 172 cm³/mol. The van der Waals surface area contributed by atoms with Crippen LogP contribution in [0.1, 0.15) is 29.2 Å². The minimum Gasteiger partial charge on any atom is -0.355 e. The first-order valence-electron chi connectivity index (χ1n) is 14.1. The smallest absolute Gasteiger partial charge is 0.264 e. The molecule has 7 nitrogen and oxygen atoms in total. The van der Waals surface area contributed by atoms with E-state index < -0.39 is 28.5 Å². The minimum atomic E-state index is -4.22. The molecule has 0 fully saturated rings. The van der Waals surface area contributed by atoms with Crippen molar-refractivity contribution in [2.45, 2.75) is 44.7 Å². The second-order valence-corrected chi connectivity index (χ2v) is 12.7.